The van der Waals surface area contributed by atoms with Crippen molar-refractivity contribution in [3.63, 3.8) is 0 Å². The molecule has 3 rings (SSSR count). The standard InChI is InChI=1S/C19H31N7O.HI/c1-2-20-18(24-16-6-3-4-7-16)21-11-8-17(27)25-12-14-26(15-13-25)19-22-9-5-10-23-19;/h5,9-10,16H,2-4,6-8,11-15H2,1H3,(H2,20,21,24);1H. The number of guanidine groups is 1. The predicted octanol–water partition coefficient (Wildman–Crippen LogP) is 1.63. The first-order chi connectivity index (χ1) is 13.3. The quantitative estimate of drug-likeness (QED) is 0.350. The largest absolute Gasteiger partial charge is 0.357 e. The van der Waals surface area contributed by atoms with E-state index in [1.165, 1.54) is 25.7 Å². The van der Waals surface area contributed by atoms with Crippen LogP contribution in [0.5, 0.6) is 0 Å². The molecule has 1 aliphatic heterocycles. The third-order valence-corrected chi connectivity index (χ3v) is 5.10. The van der Waals surface area contributed by atoms with Gasteiger partial charge >= 0.3 is 0 Å². The van der Waals surface area contributed by atoms with E-state index in [-0.39, 0.29) is 29.9 Å². The summed E-state index contributed by atoms with van der Waals surface area (Å²) in [6.45, 7) is 6.37. The summed E-state index contributed by atoms with van der Waals surface area (Å²) < 4.78 is 0. The number of aliphatic imine (C=N–C) groups is 1. The Morgan fingerprint density at radius 1 is 1.18 bits per heavy atom. The lowest BCUT2D eigenvalue weighted by atomic mass is 10.2. The minimum atomic E-state index is 0. The van der Waals surface area contributed by atoms with Crippen molar-refractivity contribution in [1.29, 1.82) is 0 Å². The smallest absolute Gasteiger partial charge is 0.225 e. The zero-order valence-electron chi connectivity index (χ0n) is 16.6. The Hall–Kier alpha value is -1.65. The Labute approximate surface area is 184 Å². The van der Waals surface area contributed by atoms with Gasteiger partial charge in [-0.25, -0.2) is 9.97 Å². The van der Waals surface area contributed by atoms with E-state index in [2.05, 4.69) is 37.4 Å². The van der Waals surface area contributed by atoms with Crippen LogP contribution >= 0.6 is 24.0 Å². The van der Waals surface area contributed by atoms with E-state index in [1.54, 1.807) is 12.4 Å². The molecule has 28 heavy (non-hydrogen) atoms. The van der Waals surface area contributed by atoms with E-state index in [4.69, 9.17) is 0 Å². The van der Waals surface area contributed by atoms with Crippen LogP contribution in [-0.4, -0.2) is 72.0 Å². The highest BCUT2D eigenvalue weighted by Crippen LogP contribution is 2.17. The molecule has 8 nitrogen and oxygen atoms in total. The van der Waals surface area contributed by atoms with Gasteiger partial charge in [0.15, 0.2) is 5.96 Å². The Balaban J connectivity index is 0.00000280. The minimum Gasteiger partial charge on any atom is -0.357 e. The summed E-state index contributed by atoms with van der Waals surface area (Å²) in [4.78, 5) is 29.7. The number of aromatic nitrogens is 2. The molecule has 1 amide bonds. The van der Waals surface area contributed by atoms with E-state index in [0.717, 1.165) is 31.5 Å². The second kappa shape index (κ2) is 12.0. The molecule has 9 heteroatoms. The molecule has 2 fully saturated rings. The molecule has 2 N–H and O–H groups in total. The molecule has 0 bridgehead atoms. The molecule has 1 aromatic rings. The number of carbonyl (C=O) groups is 1. The number of carbonyl (C=O) groups excluding carboxylic acids is 1. The second-order valence-electron chi connectivity index (χ2n) is 7.05. The number of halogens is 1. The Bertz CT molecular complexity index is 614. The Morgan fingerprint density at radius 2 is 1.86 bits per heavy atom. The number of amides is 1. The normalized spacial score (nSPS) is 18.0. The van der Waals surface area contributed by atoms with Gasteiger partial charge in [0.2, 0.25) is 11.9 Å². The minimum absolute atomic E-state index is 0. The summed E-state index contributed by atoms with van der Waals surface area (Å²) in [5.74, 6) is 1.75. The maximum atomic E-state index is 12.5. The molecule has 1 aliphatic carbocycles. The summed E-state index contributed by atoms with van der Waals surface area (Å²) in [6, 6.07) is 2.33. The van der Waals surface area contributed by atoms with Crippen LogP contribution in [-0.2, 0) is 4.79 Å². The van der Waals surface area contributed by atoms with E-state index in [1.807, 2.05) is 11.0 Å². The molecular formula is C19H32IN7O. The van der Waals surface area contributed by atoms with Gasteiger partial charge in [0, 0.05) is 57.6 Å². The highest BCUT2D eigenvalue weighted by Gasteiger charge is 2.22. The second-order valence-corrected chi connectivity index (χ2v) is 7.05. The maximum Gasteiger partial charge on any atom is 0.225 e. The first-order valence-electron chi connectivity index (χ1n) is 10.1. The van der Waals surface area contributed by atoms with Crippen molar-refractivity contribution in [2.75, 3.05) is 44.2 Å². The van der Waals surface area contributed by atoms with Gasteiger partial charge in [-0.1, -0.05) is 12.8 Å². The summed E-state index contributed by atoms with van der Waals surface area (Å²) in [5.41, 5.74) is 0. The van der Waals surface area contributed by atoms with Gasteiger partial charge < -0.3 is 20.4 Å². The van der Waals surface area contributed by atoms with Crippen LogP contribution in [0.3, 0.4) is 0 Å². The van der Waals surface area contributed by atoms with Crippen LogP contribution in [0.15, 0.2) is 23.5 Å². The fourth-order valence-electron chi connectivity index (χ4n) is 3.62. The van der Waals surface area contributed by atoms with E-state index < -0.39 is 0 Å². The zero-order chi connectivity index (χ0) is 18.9. The molecule has 2 aliphatic rings. The average Bonchev–Trinajstić information content (AvgIpc) is 3.22. The van der Waals surface area contributed by atoms with Crippen molar-refractivity contribution >= 4 is 41.8 Å². The van der Waals surface area contributed by atoms with Gasteiger partial charge in [-0.3, -0.25) is 9.79 Å². The van der Waals surface area contributed by atoms with Crippen molar-refractivity contribution in [1.82, 2.24) is 25.5 Å². The molecule has 0 aromatic carbocycles. The monoisotopic (exact) mass is 501 g/mol. The number of rotatable bonds is 6. The Kier molecular flexibility index (Phi) is 9.72. The number of hydrogen-bond acceptors (Lipinski definition) is 5. The molecule has 0 unspecified atom stereocenters. The third kappa shape index (κ3) is 6.75. The van der Waals surface area contributed by atoms with E-state index >= 15 is 0 Å². The van der Waals surface area contributed by atoms with Gasteiger partial charge in [-0.15, -0.1) is 24.0 Å². The van der Waals surface area contributed by atoms with Gasteiger partial charge in [-0.2, -0.15) is 0 Å². The highest BCUT2D eigenvalue weighted by atomic mass is 127. The molecule has 0 radical (unpaired) electrons. The highest BCUT2D eigenvalue weighted by molar-refractivity contribution is 14.0. The van der Waals surface area contributed by atoms with Crippen molar-refractivity contribution in [2.24, 2.45) is 4.99 Å². The predicted molar refractivity (Wildman–Crippen MR) is 122 cm³/mol. The lowest BCUT2D eigenvalue weighted by Crippen LogP contribution is -2.49. The molecule has 1 aromatic heterocycles. The fraction of sp³-hybridized carbons (Fsp3) is 0.684. The fourth-order valence-corrected chi connectivity index (χ4v) is 3.62. The van der Waals surface area contributed by atoms with Crippen molar-refractivity contribution in [3.8, 4) is 0 Å². The lowest BCUT2D eigenvalue weighted by molar-refractivity contribution is -0.131. The first-order valence-corrected chi connectivity index (χ1v) is 10.1. The molecule has 1 saturated heterocycles. The molecule has 1 saturated carbocycles. The Morgan fingerprint density at radius 3 is 2.50 bits per heavy atom. The van der Waals surface area contributed by atoms with Crippen LogP contribution in [0.25, 0.3) is 0 Å². The number of anilines is 1. The van der Waals surface area contributed by atoms with Crippen molar-refractivity contribution in [3.05, 3.63) is 18.5 Å². The van der Waals surface area contributed by atoms with Crippen LogP contribution in [0.1, 0.15) is 39.0 Å². The van der Waals surface area contributed by atoms with Crippen LogP contribution in [0.4, 0.5) is 5.95 Å². The van der Waals surface area contributed by atoms with Crippen molar-refractivity contribution in [2.45, 2.75) is 45.1 Å². The molecule has 0 atom stereocenters. The molecular weight excluding hydrogens is 469 g/mol. The van der Waals surface area contributed by atoms with Crippen LogP contribution < -0.4 is 15.5 Å². The summed E-state index contributed by atoms with van der Waals surface area (Å²) >= 11 is 0. The molecule has 0 spiro atoms. The summed E-state index contributed by atoms with van der Waals surface area (Å²) in [5, 5.41) is 6.77. The number of nitrogens with one attached hydrogen (secondary N) is 2. The molecule has 156 valence electrons. The van der Waals surface area contributed by atoms with E-state index in [9.17, 15) is 4.79 Å². The third-order valence-electron chi connectivity index (χ3n) is 5.10. The summed E-state index contributed by atoms with van der Waals surface area (Å²) in [7, 11) is 0. The maximum absolute atomic E-state index is 12.5. The van der Waals surface area contributed by atoms with Gasteiger partial charge in [0.25, 0.3) is 0 Å². The molecule has 2 heterocycles. The summed E-state index contributed by atoms with van der Waals surface area (Å²) in [6.07, 6.45) is 8.94. The van der Waals surface area contributed by atoms with Crippen LogP contribution in [0.2, 0.25) is 0 Å². The van der Waals surface area contributed by atoms with Crippen LogP contribution in [0, 0.1) is 0 Å². The van der Waals surface area contributed by atoms with Gasteiger partial charge in [0.1, 0.15) is 0 Å². The lowest BCUT2D eigenvalue weighted by Gasteiger charge is -2.34. The van der Waals surface area contributed by atoms with E-state index in [0.29, 0.717) is 32.1 Å². The first kappa shape index (κ1) is 22.6. The number of piperazine rings is 1. The number of hydrogen-bond donors (Lipinski definition) is 2. The topological polar surface area (TPSA) is 85.8 Å². The SMILES string of the molecule is CCNC(=NCCC(=O)N1CCN(c2ncccn2)CC1)NC1CCCC1.I. The zero-order valence-corrected chi connectivity index (χ0v) is 19.0. The van der Waals surface area contributed by atoms with Gasteiger partial charge in [0.05, 0.1) is 6.54 Å². The van der Waals surface area contributed by atoms with Gasteiger partial charge in [-0.05, 0) is 25.8 Å². The average molecular weight is 501 g/mol. The number of nitrogens with zero attached hydrogens (tertiary/aromatic N) is 5. The van der Waals surface area contributed by atoms with Crippen molar-refractivity contribution < 1.29 is 4.79 Å².